The average Bonchev–Trinajstić information content (AvgIpc) is 2.01. The third-order valence-corrected chi connectivity index (χ3v) is 2.46. The Morgan fingerprint density at radius 1 is 1.38 bits per heavy atom. The van der Waals surface area contributed by atoms with Crippen LogP contribution in [0.5, 0.6) is 0 Å². The van der Waals surface area contributed by atoms with E-state index >= 15 is 0 Å². The minimum Gasteiger partial charge on any atom is -0.294 e. The molecule has 0 spiro atoms. The van der Waals surface area contributed by atoms with Crippen molar-refractivity contribution >= 4 is 17.4 Å². The number of hydrogen-bond acceptors (Lipinski definition) is 1. The molecular weight excluding hydrogens is 191 g/mol. The van der Waals surface area contributed by atoms with Crippen LogP contribution in [0.3, 0.4) is 0 Å². The highest BCUT2D eigenvalue weighted by Crippen LogP contribution is 2.25. The summed E-state index contributed by atoms with van der Waals surface area (Å²) < 4.78 is 13.1. The zero-order valence-corrected chi connectivity index (χ0v) is 8.50. The fourth-order valence-electron chi connectivity index (χ4n) is 1.38. The Morgan fingerprint density at radius 3 is 2.38 bits per heavy atom. The van der Waals surface area contributed by atoms with Gasteiger partial charge in [0.05, 0.1) is 0 Å². The van der Waals surface area contributed by atoms with Gasteiger partial charge >= 0.3 is 0 Å². The predicted molar refractivity (Wildman–Crippen MR) is 50.9 cm³/mol. The molecule has 0 saturated heterocycles. The molecule has 13 heavy (non-hydrogen) atoms. The van der Waals surface area contributed by atoms with Gasteiger partial charge in [0.1, 0.15) is 5.82 Å². The molecule has 70 valence electrons. The summed E-state index contributed by atoms with van der Waals surface area (Å²) in [7, 11) is 0. The lowest BCUT2D eigenvalue weighted by Gasteiger charge is -2.08. The maximum absolute atomic E-state index is 13.1. The van der Waals surface area contributed by atoms with Gasteiger partial charge in [-0.15, -0.1) is 0 Å². The largest absolute Gasteiger partial charge is 0.294 e. The number of benzene rings is 1. The van der Waals surface area contributed by atoms with Gasteiger partial charge in [0, 0.05) is 10.6 Å². The Hall–Kier alpha value is -0.890. The first kappa shape index (κ1) is 10.2. The van der Waals surface area contributed by atoms with Crippen molar-refractivity contribution in [3.8, 4) is 0 Å². The highest BCUT2D eigenvalue weighted by molar-refractivity contribution is 6.32. The third kappa shape index (κ3) is 1.73. The highest BCUT2D eigenvalue weighted by Gasteiger charge is 2.14. The van der Waals surface area contributed by atoms with E-state index in [0.29, 0.717) is 21.7 Å². The standard InChI is InChI=1S/C10H10ClFO/c1-5-8(11)4-9(12)6(2)10(5)7(3)13/h4H,1-3H3. The normalized spacial score (nSPS) is 10.2. The van der Waals surface area contributed by atoms with E-state index in [9.17, 15) is 9.18 Å². The fraction of sp³-hybridized carbons (Fsp3) is 0.300. The molecule has 0 saturated carbocycles. The van der Waals surface area contributed by atoms with E-state index in [0.717, 1.165) is 0 Å². The van der Waals surface area contributed by atoms with Crippen molar-refractivity contribution < 1.29 is 9.18 Å². The van der Waals surface area contributed by atoms with E-state index in [-0.39, 0.29) is 5.78 Å². The molecule has 1 rings (SSSR count). The number of Topliss-reactive ketones (excluding diaryl/α,β-unsaturated/α-hetero) is 1. The number of rotatable bonds is 1. The van der Waals surface area contributed by atoms with Crippen LogP contribution in [0.25, 0.3) is 0 Å². The first-order valence-electron chi connectivity index (χ1n) is 3.91. The molecule has 0 atom stereocenters. The Balaban J connectivity index is 3.56. The molecule has 0 fully saturated rings. The van der Waals surface area contributed by atoms with Gasteiger partial charge in [0.15, 0.2) is 5.78 Å². The van der Waals surface area contributed by atoms with Crippen LogP contribution in [0.4, 0.5) is 4.39 Å². The van der Waals surface area contributed by atoms with Gasteiger partial charge in [0.25, 0.3) is 0 Å². The van der Waals surface area contributed by atoms with E-state index in [1.165, 1.54) is 13.0 Å². The van der Waals surface area contributed by atoms with E-state index in [4.69, 9.17) is 11.6 Å². The van der Waals surface area contributed by atoms with Gasteiger partial charge < -0.3 is 0 Å². The molecule has 0 amide bonds. The molecule has 0 N–H and O–H groups in total. The summed E-state index contributed by atoms with van der Waals surface area (Å²) in [4.78, 5) is 11.2. The molecule has 0 heterocycles. The van der Waals surface area contributed by atoms with Gasteiger partial charge in [0.2, 0.25) is 0 Å². The van der Waals surface area contributed by atoms with Gasteiger partial charge in [-0.25, -0.2) is 4.39 Å². The zero-order chi connectivity index (χ0) is 10.2. The van der Waals surface area contributed by atoms with Crippen LogP contribution in [-0.2, 0) is 0 Å². The Labute approximate surface area is 81.5 Å². The molecule has 0 aliphatic rings. The molecule has 0 aliphatic carbocycles. The summed E-state index contributed by atoms with van der Waals surface area (Å²) in [6.07, 6.45) is 0. The lowest BCUT2D eigenvalue weighted by molar-refractivity contribution is 0.101. The van der Waals surface area contributed by atoms with E-state index in [1.54, 1.807) is 13.8 Å². The molecule has 0 aliphatic heterocycles. The number of halogens is 2. The Kier molecular flexibility index (Phi) is 2.71. The molecule has 0 aromatic heterocycles. The quantitative estimate of drug-likeness (QED) is 0.636. The van der Waals surface area contributed by atoms with Crippen molar-refractivity contribution in [3.05, 3.63) is 33.6 Å². The van der Waals surface area contributed by atoms with Crippen molar-refractivity contribution in [2.24, 2.45) is 0 Å². The van der Waals surface area contributed by atoms with Gasteiger partial charge in [-0.1, -0.05) is 11.6 Å². The number of ketones is 1. The predicted octanol–water partition coefficient (Wildman–Crippen LogP) is 3.30. The van der Waals surface area contributed by atoms with Gasteiger partial charge in [-0.05, 0) is 38.0 Å². The van der Waals surface area contributed by atoms with Crippen LogP contribution >= 0.6 is 11.6 Å². The number of hydrogen-bond donors (Lipinski definition) is 0. The molecule has 0 bridgehead atoms. The summed E-state index contributed by atoms with van der Waals surface area (Å²) >= 11 is 5.74. The van der Waals surface area contributed by atoms with E-state index < -0.39 is 5.82 Å². The number of carbonyl (C=O) groups excluding carboxylic acids is 1. The van der Waals surface area contributed by atoms with Crippen molar-refractivity contribution in [1.82, 2.24) is 0 Å². The van der Waals surface area contributed by atoms with Crippen LogP contribution in [0, 0.1) is 19.7 Å². The molecule has 1 nitrogen and oxygen atoms in total. The molecule has 3 heteroatoms. The van der Waals surface area contributed by atoms with Crippen LogP contribution in [0.15, 0.2) is 6.07 Å². The fourth-order valence-corrected chi connectivity index (χ4v) is 1.57. The lowest BCUT2D eigenvalue weighted by atomic mass is 9.99. The Morgan fingerprint density at radius 2 is 1.92 bits per heavy atom. The SMILES string of the molecule is CC(=O)c1c(C)c(F)cc(Cl)c1C. The first-order valence-corrected chi connectivity index (χ1v) is 4.29. The second-order valence-electron chi connectivity index (χ2n) is 3.02. The van der Waals surface area contributed by atoms with Crippen molar-refractivity contribution in [1.29, 1.82) is 0 Å². The molecule has 1 aromatic carbocycles. The van der Waals surface area contributed by atoms with Crippen LogP contribution in [-0.4, -0.2) is 5.78 Å². The second kappa shape index (κ2) is 3.46. The smallest absolute Gasteiger partial charge is 0.160 e. The summed E-state index contributed by atoms with van der Waals surface area (Å²) in [5.74, 6) is -0.586. The van der Waals surface area contributed by atoms with Crippen LogP contribution < -0.4 is 0 Å². The first-order chi connectivity index (χ1) is 5.95. The van der Waals surface area contributed by atoms with E-state index in [2.05, 4.69) is 0 Å². The second-order valence-corrected chi connectivity index (χ2v) is 3.43. The summed E-state index contributed by atoms with van der Waals surface area (Å²) in [6, 6.07) is 1.23. The van der Waals surface area contributed by atoms with E-state index in [1.807, 2.05) is 0 Å². The molecular formula is C10H10ClFO. The van der Waals surface area contributed by atoms with Crippen LogP contribution in [0.1, 0.15) is 28.4 Å². The number of carbonyl (C=O) groups is 1. The van der Waals surface area contributed by atoms with Crippen molar-refractivity contribution in [2.45, 2.75) is 20.8 Å². The molecule has 1 aromatic rings. The zero-order valence-electron chi connectivity index (χ0n) is 7.74. The topological polar surface area (TPSA) is 17.1 Å². The van der Waals surface area contributed by atoms with Crippen LogP contribution in [0.2, 0.25) is 5.02 Å². The maximum Gasteiger partial charge on any atom is 0.160 e. The summed E-state index contributed by atoms with van der Waals surface area (Å²) in [5.41, 5.74) is 1.41. The third-order valence-electron chi connectivity index (χ3n) is 2.07. The lowest BCUT2D eigenvalue weighted by Crippen LogP contribution is -2.02. The van der Waals surface area contributed by atoms with Gasteiger partial charge in [-0.3, -0.25) is 4.79 Å². The average molecular weight is 201 g/mol. The van der Waals surface area contributed by atoms with Crippen molar-refractivity contribution in [3.63, 3.8) is 0 Å². The summed E-state index contributed by atoms with van der Waals surface area (Å²) in [6.45, 7) is 4.70. The Bertz CT molecular complexity index is 345. The molecule has 0 unspecified atom stereocenters. The monoisotopic (exact) mass is 200 g/mol. The summed E-state index contributed by atoms with van der Waals surface area (Å²) in [5, 5.41) is 0.299. The van der Waals surface area contributed by atoms with Crippen molar-refractivity contribution in [2.75, 3.05) is 0 Å². The maximum atomic E-state index is 13.1. The minimum atomic E-state index is -0.430. The van der Waals surface area contributed by atoms with Gasteiger partial charge in [-0.2, -0.15) is 0 Å². The highest BCUT2D eigenvalue weighted by atomic mass is 35.5. The molecule has 0 radical (unpaired) electrons. The minimum absolute atomic E-state index is 0.156.